The Morgan fingerprint density at radius 3 is 0.753 bits per heavy atom. The van der Waals surface area contributed by atoms with Gasteiger partial charge in [0, 0.05) is 42.9 Å². The lowest BCUT2D eigenvalue weighted by molar-refractivity contribution is -0.466. The first-order valence-electron chi connectivity index (χ1n) is 26.2. The van der Waals surface area contributed by atoms with Crippen LogP contribution < -0.4 is 0 Å². The summed E-state index contributed by atoms with van der Waals surface area (Å²) in [4.78, 5) is 0. The molecule has 8 saturated carbocycles. The fraction of sp³-hybridized carbons (Fsp3) is 1.00. The van der Waals surface area contributed by atoms with Crippen molar-refractivity contribution >= 4 is 0 Å². The Balaban J connectivity index is 0.00000119. The first-order valence-corrected chi connectivity index (χ1v) is 26.2. The smallest absolute Gasteiger partial charge is 0.269 e. The van der Waals surface area contributed by atoms with E-state index in [1.807, 2.05) is 0 Å². The molecule has 560 valence electrons. The maximum Gasteiger partial charge on any atom is 0.355 e. The maximum absolute atomic E-state index is 14.6. The van der Waals surface area contributed by atoms with Crippen LogP contribution in [0.5, 0.6) is 0 Å². The van der Waals surface area contributed by atoms with Gasteiger partial charge in [-0.15, -0.1) is 0 Å². The van der Waals surface area contributed by atoms with Gasteiger partial charge in [-0.05, 0) is 74.7 Å². The number of fused-ring (bicyclic) bond motifs is 8. The van der Waals surface area contributed by atoms with Gasteiger partial charge in [0.2, 0.25) is 11.3 Å². The average Bonchev–Trinajstić information content (AvgIpc) is 3.33. The Labute approximate surface area is 502 Å². The molecule has 41 heteroatoms. The van der Waals surface area contributed by atoms with Crippen molar-refractivity contribution < 1.29 is 182 Å². The second-order valence-electron chi connectivity index (χ2n) is 28.4. The summed E-state index contributed by atoms with van der Waals surface area (Å²) in [6.45, 7) is -4.57. The van der Waals surface area contributed by atoms with Gasteiger partial charge in [-0.1, -0.05) is 27.7 Å². The Hall–Kier alpha value is -2.87. The third-order valence-electron chi connectivity index (χ3n) is 21.9. The van der Waals surface area contributed by atoms with Gasteiger partial charge < -0.3 is 0 Å². The molecule has 0 N–H and O–H groups in total. The molecule has 8 bridgehead atoms. The summed E-state index contributed by atoms with van der Waals surface area (Å²) in [7, 11) is 0. The molecule has 0 aromatic rings. The highest BCUT2D eigenvalue weighted by atomic mass is 19.4. The molecule has 0 saturated heterocycles. The highest BCUT2D eigenvalue weighted by Crippen LogP contribution is 2.83. The van der Waals surface area contributed by atoms with Crippen LogP contribution in [-0.4, -0.2) is 138 Å². The molecule has 0 aliphatic heterocycles. The van der Waals surface area contributed by atoms with Crippen molar-refractivity contribution in [3.63, 3.8) is 0 Å². The van der Waals surface area contributed by atoms with Crippen LogP contribution in [0.25, 0.3) is 0 Å². The van der Waals surface area contributed by atoms with Crippen LogP contribution in [-0.2, 0) is 0 Å². The molecule has 0 aromatic carbocycles. The zero-order valence-corrected chi connectivity index (χ0v) is 50.1. The van der Waals surface area contributed by atoms with E-state index < -0.39 is 238 Å². The molecule has 8 fully saturated rings. The van der Waals surface area contributed by atoms with Crippen LogP contribution >= 0.6 is 0 Å². The lowest BCUT2D eigenvalue weighted by Crippen LogP contribution is -2.86. The van der Waals surface area contributed by atoms with Crippen molar-refractivity contribution in [2.75, 3.05) is 26.7 Å². The molecule has 8 aliphatic carbocycles. The van der Waals surface area contributed by atoms with E-state index in [4.69, 9.17) is 0 Å². The molecule has 0 nitrogen and oxygen atoms in total. The molecule has 0 aromatic heterocycles. The largest absolute Gasteiger partial charge is 0.355 e. The Morgan fingerprint density at radius 2 is 0.473 bits per heavy atom. The standard InChI is InChI=1S/2C14H18F8.C13H15F9.C11H9F11.5FH/c2*1-8(7-15)5-9(2)13(19,20)10(3,12(8,17)18)6-11(4,16)14(9,21)22;1-7-4-8(2,15)12(19,20)9(3,11(7,17)18)13(21,22)10(16,5-7)6-14;1-5-2-6(13,4-12)10(19,20)8(16,9(5,17)18)11(21,22)7(14,15)3-5;;;;;/h2*5-7H2,1-4H3;4-6H2,1-3H3;2-4H2,1H3;5*1H. The number of hydrogen-bond acceptors (Lipinski definition) is 0. The Bertz CT molecular complexity index is 2500. The zero-order chi connectivity index (χ0) is 70.5. The van der Waals surface area contributed by atoms with Gasteiger partial charge in [0.15, 0.2) is 22.4 Å². The van der Waals surface area contributed by atoms with Gasteiger partial charge in [-0.2, -0.15) is 26.3 Å². The molecule has 0 amide bonds. The van der Waals surface area contributed by atoms with Crippen LogP contribution in [0, 0.1) is 48.7 Å². The molecule has 15 atom stereocenters. The number of hydrogen-bond donors (Lipinski definition) is 0. The molecule has 93 heavy (non-hydrogen) atoms. The molecule has 0 radical (unpaired) electrons. The van der Waals surface area contributed by atoms with Crippen LogP contribution in [0.3, 0.4) is 0 Å². The molecule has 15 unspecified atom stereocenters. The minimum atomic E-state index is -6.60. The number of halogens is 41. The van der Waals surface area contributed by atoms with Gasteiger partial charge >= 0.3 is 29.4 Å². The summed E-state index contributed by atoms with van der Waals surface area (Å²) < 4.78 is 507. The first kappa shape index (κ1) is 90.1. The highest BCUT2D eigenvalue weighted by molar-refractivity contribution is 5.34. The Morgan fingerprint density at radius 1 is 0.215 bits per heavy atom. The average molecular weight is 1470 g/mol. The third kappa shape index (κ3) is 9.07. The van der Waals surface area contributed by atoms with Gasteiger partial charge in [0.25, 0.3) is 53.3 Å². The first-order chi connectivity index (χ1) is 37.9. The lowest BCUT2D eigenvalue weighted by atomic mass is 9.42. The highest BCUT2D eigenvalue weighted by Gasteiger charge is 3.01. The van der Waals surface area contributed by atoms with Crippen LogP contribution in [0.1, 0.15) is 134 Å². The van der Waals surface area contributed by atoms with Gasteiger partial charge in [-0.3, -0.25) is 32.3 Å². The van der Waals surface area contributed by atoms with Crippen molar-refractivity contribution in [1.82, 2.24) is 0 Å². The summed E-state index contributed by atoms with van der Waals surface area (Å²) in [6.07, 6.45) is -14.5. The van der Waals surface area contributed by atoms with Gasteiger partial charge in [0.1, 0.15) is 26.7 Å². The van der Waals surface area contributed by atoms with E-state index in [0.717, 1.165) is 0 Å². The predicted molar refractivity (Wildman–Crippen MR) is 251 cm³/mol. The van der Waals surface area contributed by atoms with Crippen LogP contribution in [0.15, 0.2) is 0 Å². The van der Waals surface area contributed by atoms with E-state index in [0.29, 0.717) is 62.3 Å². The Kier molecular flexibility index (Phi) is 21.4. The molecular weight excluding hydrogens is 1400 g/mol. The summed E-state index contributed by atoms with van der Waals surface area (Å²) in [5.41, 5.74) is -56.5. The van der Waals surface area contributed by atoms with Crippen molar-refractivity contribution in [3.05, 3.63) is 0 Å². The van der Waals surface area contributed by atoms with E-state index in [1.54, 1.807) is 0 Å². The van der Waals surface area contributed by atoms with E-state index in [2.05, 4.69) is 0 Å². The third-order valence-corrected chi connectivity index (χ3v) is 21.9. The monoisotopic (exact) mass is 1470 g/mol. The van der Waals surface area contributed by atoms with E-state index in [9.17, 15) is 158 Å². The number of rotatable bonds is 4. The van der Waals surface area contributed by atoms with E-state index in [1.165, 1.54) is 0 Å². The van der Waals surface area contributed by atoms with E-state index >= 15 is 0 Å². The quantitative estimate of drug-likeness (QED) is 0.246. The van der Waals surface area contributed by atoms with E-state index in [-0.39, 0.29) is 44.3 Å². The topological polar surface area (TPSA) is 0 Å². The molecule has 8 rings (SSSR count). The summed E-state index contributed by atoms with van der Waals surface area (Å²) in [5.74, 6) is -66.8. The second kappa shape index (κ2) is 22.1. The molecule has 8 aliphatic rings. The van der Waals surface area contributed by atoms with Crippen molar-refractivity contribution in [3.8, 4) is 0 Å². The summed E-state index contributed by atoms with van der Waals surface area (Å²) in [6, 6.07) is 0. The molecular formula is C52H65F41. The van der Waals surface area contributed by atoms with Gasteiger partial charge in [0.05, 0.1) is 32.5 Å². The maximum atomic E-state index is 14.6. The normalized spacial score (nSPS) is 48.5. The summed E-state index contributed by atoms with van der Waals surface area (Å²) in [5, 5.41) is 0. The number of alkyl halides is 36. The minimum absolute atomic E-state index is 0. The minimum Gasteiger partial charge on any atom is -0.269 e. The second-order valence-corrected chi connectivity index (χ2v) is 28.4. The fourth-order valence-electron chi connectivity index (χ4n) is 16.4. The lowest BCUT2D eigenvalue weighted by Gasteiger charge is -2.67. The van der Waals surface area contributed by atoms with Gasteiger partial charge in [-0.25, -0.2) is 123 Å². The van der Waals surface area contributed by atoms with Crippen molar-refractivity contribution in [2.45, 2.75) is 245 Å². The van der Waals surface area contributed by atoms with Crippen LogP contribution in [0.4, 0.5) is 182 Å². The summed E-state index contributed by atoms with van der Waals surface area (Å²) >= 11 is 0. The SMILES string of the molecule is CC1(F)CC2(C)C(F)(F)C(C)(CF)CC(C)(C1(F)F)C2(F)F.CC1(F)CC2(C)C(F)(F)C(C)(CF)CC(C)(C1(F)F)C2(F)F.CC1(F)CC2(C)CC(F)(CF)C(F)(F)C(C)(C1(F)F)C2(F)F.CC12CC(F)(F)C(F)(F)C(F)(C1(F)F)C(F)(F)C(F)(CF)C2.F.F.F.F.F. The predicted octanol–water partition coefficient (Wildman–Crippen LogP) is 21.4. The van der Waals surface area contributed by atoms with Crippen molar-refractivity contribution in [2.24, 2.45) is 48.7 Å². The molecule has 0 heterocycles. The van der Waals surface area contributed by atoms with Crippen LogP contribution in [0.2, 0.25) is 0 Å². The fourth-order valence-corrected chi connectivity index (χ4v) is 16.4. The zero-order valence-electron chi connectivity index (χ0n) is 50.1. The van der Waals surface area contributed by atoms with Crippen molar-refractivity contribution in [1.29, 1.82) is 0 Å². The molecule has 0 spiro atoms.